The van der Waals surface area contributed by atoms with Gasteiger partial charge in [0.25, 0.3) is 5.91 Å². The van der Waals surface area contributed by atoms with E-state index >= 15 is 0 Å². The number of piperazine rings is 1. The zero-order valence-corrected chi connectivity index (χ0v) is 13.3. The van der Waals surface area contributed by atoms with E-state index in [4.69, 9.17) is 10.2 Å². The number of carbonyl (C=O) groups is 2. The number of nitrogens with two attached hydrogens (primary N) is 1. The molecule has 1 aliphatic heterocycles. The Hall–Kier alpha value is -2.67. The first-order valence-electron chi connectivity index (χ1n) is 7.91. The zero-order chi connectivity index (χ0) is 16.9. The van der Waals surface area contributed by atoms with E-state index in [-0.39, 0.29) is 11.6 Å². The molecule has 2 amide bonds. The Bertz CT molecular complexity index is 693. The van der Waals surface area contributed by atoms with Crippen molar-refractivity contribution < 1.29 is 14.0 Å². The van der Waals surface area contributed by atoms with Crippen LogP contribution in [-0.2, 0) is 11.2 Å². The van der Waals surface area contributed by atoms with Gasteiger partial charge in [0, 0.05) is 26.2 Å². The molecule has 1 aliphatic rings. The Balaban J connectivity index is 1.62. The first-order chi connectivity index (χ1) is 11.7. The maximum Gasteiger partial charge on any atom is 0.275 e. The van der Waals surface area contributed by atoms with Crippen molar-refractivity contribution in [2.75, 3.05) is 26.2 Å². The minimum atomic E-state index is -0.402. The van der Waals surface area contributed by atoms with Gasteiger partial charge in [-0.05, 0) is 12.0 Å². The molecule has 126 valence electrons. The normalized spacial score (nSPS) is 16.0. The third-order valence-electron chi connectivity index (χ3n) is 4.11. The second-order valence-electron chi connectivity index (χ2n) is 5.80. The molecule has 2 heterocycles. The van der Waals surface area contributed by atoms with Crippen molar-refractivity contribution >= 4 is 12.3 Å². The minimum absolute atomic E-state index is 0.192. The lowest BCUT2D eigenvalue weighted by Gasteiger charge is -2.31. The van der Waals surface area contributed by atoms with E-state index in [0.29, 0.717) is 38.5 Å². The van der Waals surface area contributed by atoms with Crippen LogP contribution in [0.4, 0.5) is 0 Å². The van der Waals surface area contributed by atoms with Crippen molar-refractivity contribution in [1.82, 2.24) is 14.8 Å². The van der Waals surface area contributed by atoms with Crippen LogP contribution in [0.5, 0.6) is 0 Å². The average molecular weight is 328 g/mol. The fourth-order valence-corrected chi connectivity index (χ4v) is 2.70. The summed E-state index contributed by atoms with van der Waals surface area (Å²) in [4.78, 5) is 30.7. The maximum atomic E-state index is 12.4. The molecule has 0 bridgehead atoms. The van der Waals surface area contributed by atoms with E-state index < -0.39 is 6.04 Å². The Kier molecular flexibility index (Phi) is 4.90. The van der Waals surface area contributed by atoms with Crippen LogP contribution in [0, 0.1) is 0 Å². The summed E-state index contributed by atoms with van der Waals surface area (Å²) in [7, 11) is 0. The van der Waals surface area contributed by atoms with Crippen LogP contribution < -0.4 is 5.73 Å². The summed E-state index contributed by atoms with van der Waals surface area (Å²) in [6, 6.07) is 9.42. The molecule has 1 atom stereocenters. The molecular formula is C17H20N4O3. The highest BCUT2D eigenvalue weighted by Gasteiger charge is 2.24. The summed E-state index contributed by atoms with van der Waals surface area (Å²) in [6.07, 6.45) is 2.75. The lowest BCUT2D eigenvalue weighted by molar-refractivity contribution is -0.119. The van der Waals surface area contributed by atoms with Crippen LogP contribution in [0.3, 0.4) is 0 Å². The molecule has 0 radical (unpaired) electrons. The second-order valence-corrected chi connectivity index (χ2v) is 5.80. The lowest BCUT2D eigenvalue weighted by Crippen LogP contribution is -2.48. The summed E-state index contributed by atoms with van der Waals surface area (Å²) in [5, 5.41) is 0. The number of hydrogen-bond acceptors (Lipinski definition) is 5. The molecular weight excluding hydrogens is 308 g/mol. The standard InChI is InChI=1S/C17H20N4O3/c18-14(10-13-4-2-1-3-5-13)16-19-15(11-24-16)17(23)21-8-6-20(12-22)7-9-21/h1-5,11-12,14H,6-10,18H2. The summed E-state index contributed by atoms with van der Waals surface area (Å²) in [6.45, 7) is 2.06. The van der Waals surface area contributed by atoms with Gasteiger partial charge >= 0.3 is 0 Å². The number of aromatic nitrogens is 1. The van der Waals surface area contributed by atoms with E-state index in [0.717, 1.165) is 12.0 Å². The molecule has 1 aromatic heterocycles. The van der Waals surface area contributed by atoms with Crippen LogP contribution >= 0.6 is 0 Å². The number of carbonyl (C=O) groups excluding carboxylic acids is 2. The largest absolute Gasteiger partial charge is 0.446 e. The first-order valence-corrected chi connectivity index (χ1v) is 7.91. The number of amides is 2. The highest BCUT2D eigenvalue weighted by molar-refractivity contribution is 5.92. The molecule has 0 saturated carbocycles. The van der Waals surface area contributed by atoms with Gasteiger partial charge in [0.1, 0.15) is 6.26 Å². The highest BCUT2D eigenvalue weighted by atomic mass is 16.3. The molecule has 2 aromatic rings. The molecule has 0 aliphatic carbocycles. The lowest BCUT2D eigenvalue weighted by atomic mass is 10.1. The van der Waals surface area contributed by atoms with Crippen molar-refractivity contribution in [3.05, 3.63) is 53.7 Å². The fraction of sp³-hybridized carbons (Fsp3) is 0.353. The van der Waals surface area contributed by atoms with Gasteiger partial charge in [0.2, 0.25) is 12.3 Å². The molecule has 2 N–H and O–H groups in total. The molecule has 7 heteroatoms. The number of oxazole rings is 1. The van der Waals surface area contributed by atoms with Crippen molar-refractivity contribution in [3.63, 3.8) is 0 Å². The Morgan fingerprint density at radius 3 is 2.62 bits per heavy atom. The summed E-state index contributed by atoms with van der Waals surface area (Å²) in [5.74, 6) is 0.163. The number of nitrogens with zero attached hydrogens (tertiary/aromatic N) is 3. The third-order valence-corrected chi connectivity index (χ3v) is 4.11. The van der Waals surface area contributed by atoms with Crippen LogP contribution in [0.2, 0.25) is 0 Å². The van der Waals surface area contributed by atoms with Crippen molar-refractivity contribution in [3.8, 4) is 0 Å². The topological polar surface area (TPSA) is 92.7 Å². The molecule has 1 unspecified atom stereocenters. The monoisotopic (exact) mass is 328 g/mol. The number of rotatable bonds is 5. The van der Waals surface area contributed by atoms with E-state index in [2.05, 4.69) is 4.98 Å². The molecule has 24 heavy (non-hydrogen) atoms. The van der Waals surface area contributed by atoms with Crippen molar-refractivity contribution in [2.45, 2.75) is 12.5 Å². The van der Waals surface area contributed by atoms with Gasteiger partial charge in [-0.25, -0.2) is 4.98 Å². The van der Waals surface area contributed by atoms with Gasteiger partial charge in [-0.1, -0.05) is 30.3 Å². The predicted molar refractivity (Wildman–Crippen MR) is 87.1 cm³/mol. The Morgan fingerprint density at radius 1 is 1.25 bits per heavy atom. The summed E-state index contributed by atoms with van der Waals surface area (Å²) < 4.78 is 5.40. The maximum absolute atomic E-state index is 12.4. The molecule has 1 fully saturated rings. The molecule has 1 aromatic carbocycles. The summed E-state index contributed by atoms with van der Waals surface area (Å²) in [5.41, 5.74) is 7.47. The third kappa shape index (κ3) is 3.62. The average Bonchev–Trinajstić information content (AvgIpc) is 3.12. The van der Waals surface area contributed by atoms with Crippen LogP contribution in [0.25, 0.3) is 0 Å². The van der Waals surface area contributed by atoms with Crippen LogP contribution in [0.15, 0.2) is 41.0 Å². The quantitative estimate of drug-likeness (QED) is 0.821. The van der Waals surface area contributed by atoms with Crippen LogP contribution in [0.1, 0.15) is 28.0 Å². The van der Waals surface area contributed by atoms with E-state index in [1.54, 1.807) is 9.80 Å². The van der Waals surface area contributed by atoms with Gasteiger partial charge in [-0.15, -0.1) is 0 Å². The minimum Gasteiger partial charge on any atom is -0.446 e. The van der Waals surface area contributed by atoms with E-state index in [1.807, 2.05) is 30.3 Å². The van der Waals surface area contributed by atoms with Gasteiger partial charge in [0.15, 0.2) is 5.69 Å². The van der Waals surface area contributed by atoms with Gasteiger partial charge < -0.3 is 20.0 Å². The number of hydrogen-bond donors (Lipinski definition) is 1. The smallest absolute Gasteiger partial charge is 0.275 e. The van der Waals surface area contributed by atoms with Crippen LogP contribution in [-0.4, -0.2) is 53.3 Å². The van der Waals surface area contributed by atoms with Gasteiger partial charge in [0.05, 0.1) is 6.04 Å². The Morgan fingerprint density at radius 2 is 1.96 bits per heavy atom. The zero-order valence-electron chi connectivity index (χ0n) is 13.3. The Labute approximate surface area is 140 Å². The summed E-state index contributed by atoms with van der Waals surface area (Å²) >= 11 is 0. The highest BCUT2D eigenvalue weighted by Crippen LogP contribution is 2.17. The fourth-order valence-electron chi connectivity index (χ4n) is 2.70. The van der Waals surface area contributed by atoms with Crippen molar-refractivity contribution in [2.24, 2.45) is 5.73 Å². The van der Waals surface area contributed by atoms with E-state index in [9.17, 15) is 9.59 Å². The molecule has 7 nitrogen and oxygen atoms in total. The molecule has 3 rings (SSSR count). The predicted octanol–water partition coefficient (Wildman–Crippen LogP) is 0.831. The van der Waals surface area contributed by atoms with Gasteiger partial charge in [-0.3, -0.25) is 9.59 Å². The van der Waals surface area contributed by atoms with Gasteiger partial charge in [-0.2, -0.15) is 0 Å². The first kappa shape index (κ1) is 16.2. The molecule has 0 spiro atoms. The van der Waals surface area contributed by atoms with Crippen molar-refractivity contribution in [1.29, 1.82) is 0 Å². The second kappa shape index (κ2) is 7.27. The molecule has 1 saturated heterocycles. The number of benzene rings is 1. The SMILES string of the molecule is NC(Cc1ccccc1)c1nc(C(=O)N2CCN(C=O)CC2)co1. The van der Waals surface area contributed by atoms with E-state index in [1.165, 1.54) is 6.26 Å².